The third-order valence-corrected chi connectivity index (χ3v) is 6.30. The van der Waals surface area contributed by atoms with Gasteiger partial charge in [-0.15, -0.1) is 11.3 Å². The molecule has 2 aromatic heterocycles. The van der Waals surface area contributed by atoms with Gasteiger partial charge in [-0.2, -0.15) is 0 Å². The first-order chi connectivity index (χ1) is 9.82. The van der Waals surface area contributed by atoms with Crippen LogP contribution in [0.4, 0.5) is 5.82 Å². The second-order valence-corrected chi connectivity index (χ2v) is 8.80. The summed E-state index contributed by atoms with van der Waals surface area (Å²) in [6.07, 6.45) is 4.53. The smallest absolute Gasteiger partial charge is 0.260 e. The lowest BCUT2D eigenvalue weighted by Gasteiger charge is -2.18. The zero-order valence-corrected chi connectivity index (χ0v) is 14.0. The zero-order valence-electron chi connectivity index (χ0n) is 12.4. The van der Waals surface area contributed by atoms with Crippen LogP contribution in [-0.4, -0.2) is 30.9 Å². The van der Waals surface area contributed by atoms with E-state index in [2.05, 4.69) is 28.9 Å². The van der Waals surface area contributed by atoms with Crippen LogP contribution in [-0.2, 0) is 10.0 Å². The van der Waals surface area contributed by atoms with Crippen molar-refractivity contribution in [1.29, 1.82) is 0 Å². The molecule has 0 spiro atoms. The van der Waals surface area contributed by atoms with Crippen molar-refractivity contribution < 1.29 is 8.42 Å². The van der Waals surface area contributed by atoms with Gasteiger partial charge in [0.1, 0.15) is 0 Å². The normalized spacial score (nSPS) is 22.0. The number of anilines is 1. The van der Waals surface area contributed by atoms with Gasteiger partial charge in [-0.3, -0.25) is 4.40 Å². The van der Waals surface area contributed by atoms with Gasteiger partial charge in [-0.1, -0.05) is 13.8 Å². The van der Waals surface area contributed by atoms with Crippen molar-refractivity contribution >= 4 is 32.1 Å². The molecule has 1 fully saturated rings. The number of thiazole rings is 1. The van der Waals surface area contributed by atoms with Crippen molar-refractivity contribution in [2.75, 3.05) is 12.4 Å². The first-order valence-corrected chi connectivity index (χ1v) is 9.34. The van der Waals surface area contributed by atoms with Crippen LogP contribution in [0.5, 0.6) is 0 Å². The molecule has 1 saturated carbocycles. The average molecular weight is 328 g/mol. The van der Waals surface area contributed by atoms with Crippen molar-refractivity contribution in [1.82, 2.24) is 14.1 Å². The summed E-state index contributed by atoms with van der Waals surface area (Å²) in [6, 6.07) is -0.00103. The molecule has 6 nitrogen and oxygen atoms in total. The minimum Gasteiger partial charge on any atom is -0.371 e. The summed E-state index contributed by atoms with van der Waals surface area (Å²) in [5.41, 5.74) is 0.203. The molecule has 0 amide bonds. The molecule has 1 atom stereocenters. The fraction of sp³-hybridized carbons (Fsp3) is 0.615. The van der Waals surface area contributed by atoms with E-state index in [-0.39, 0.29) is 16.5 Å². The van der Waals surface area contributed by atoms with Crippen LogP contribution < -0.4 is 10.0 Å². The lowest BCUT2D eigenvalue weighted by molar-refractivity contribution is 0.372. The Balaban J connectivity index is 1.95. The number of hydrogen-bond acceptors (Lipinski definition) is 5. The van der Waals surface area contributed by atoms with Crippen molar-refractivity contribution in [2.24, 2.45) is 5.41 Å². The van der Waals surface area contributed by atoms with Gasteiger partial charge in [0.25, 0.3) is 10.0 Å². The molecule has 1 unspecified atom stereocenters. The Kier molecular flexibility index (Phi) is 3.50. The lowest BCUT2D eigenvalue weighted by Crippen LogP contribution is -2.34. The second-order valence-electron chi connectivity index (χ2n) is 6.30. The Morgan fingerprint density at radius 3 is 2.86 bits per heavy atom. The molecule has 2 N–H and O–H groups in total. The van der Waals surface area contributed by atoms with Crippen LogP contribution >= 0.6 is 11.3 Å². The Morgan fingerprint density at radius 1 is 1.48 bits per heavy atom. The van der Waals surface area contributed by atoms with E-state index in [0.29, 0.717) is 10.8 Å². The minimum atomic E-state index is -3.60. The zero-order chi connectivity index (χ0) is 15.3. The Hall–Kier alpha value is -1.12. The molecule has 2 aromatic rings. The van der Waals surface area contributed by atoms with Crippen molar-refractivity contribution in [3.8, 4) is 0 Å². The highest BCUT2D eigenvalue weighted by atomic mass is 32.2. The number of fused-ring (bicyclic) bond motifs is 1. The standard InChI is InChI=1S/C13H20N4O2S2/c1-13(2)5-4-9(8-13)16-21(18,19)11-10(14-3)15-12-17(11)6-7-20-12/h6-7,9,14,16H,4-5,8H2,1-3H3. The van der Waals surface area contributed by atoms with Gasteiger partial charge in [0.2, 0.25) is 0 Å². The van der Waals surface area contributed by atoms with Crippen LogP contribution in [0.3, 0.4) is 0 Å². The molecule has 0 aromatic carbocycles. The van der Waals surface area contributed by atoms with Gasteiger partial charge >= 0.3 is 0 Å². The second kappa shape index (κ2) is 4.96. The average Bonchev–Trinajstić information content (AvgIpc) is 3.01. The monoisotopic (exact) mass is 328 g/mol. The third-order valence-electron chi connectivity index (χ3n) is 4.00. The molecule has 8 heteroatoms. The van der Waals surface area contributed by atoms with Gasteiger partial charge in [-0.05, 0) is 24.7 Å². The van der Waals surface area contributed by atoms with Crippen molar-refractivity contribution in [3.05, 3.63) is 11.6 Å². The molecule has 0 saturated heterocycles. The summed E-state index contributed by atoms with van der Waals surface area (Å²) < 4.78 is 30.0. The van der Waals surface area contributed by atoms with E-state index in [1.54, 1.807) is 17.6 Å². The number of rotatable bonds is 4. The van der Waals surface area contributed by atoms with Gasteiger partial charge in [-0.25, -0.2) is 18.1 Å². The summed E-state index contributed by atoms with van der Waals surface area (Å²) in [6.45, 7) is 4.35. The number of nitrogens with zero attached hydrogens (tertiary/aromatic N) is 2. The maximum absolute atomic E-state index is 12.7. The van der Waals surface area contributed by atoms with Crippen LogP contribution in [0.1, 0.15) is 33.1 Å². The Morgan fingerprint density at radius 2 is 2.24 bits per heavy atom. The quantitative estimate of drug-likeness (QED) is 0.903. The highest BCUT2D eigenvalue weighted by Gasteiger charge is 2.35. The Bertz CT molecular complexity index is 760. The predicted octanol–water partition coefficient (Wildman–Crippen LogP) is 2.29. The van der Waals surface area contributed by atoms with Crippen LogP contribution in [0.2, 0.25) is 0 Å². The highest BCUT2D eigenvalue weighted by Crippen LogP contribution is 2.37. The van der Waals surface area contributed by atoms with E-state index in [1.165, 1.54) is 11.3 Å². The molecule has 3 rings (SSSR count). The third kappa shape index (κ3) is 2.67. The maximum Gasteiger partial charge on any atom is 0.260 e. The summed E-state index contributed by atoms with van der Waals surface area (Å²) in [4.78, 5) is 4.98. The molecule has 21 heavy (non-hydrogen) atoms. The lowest BCUT2D eigenvalue weighted by atomic mass is 9.92. The summed E-state index contributed by atoms with van der Waals surface area (Å²) in [7, 11) is -1.91. The number of imidazole rings is 1. The van der Waals surface area contributed by atoms with Crippen LogP contribution in [0, 0.1) is 5.41 Å². The first-order valence-electron chi connectivity index (χ1n) is 6.98. The SMILES string of the molecule is CNc1nc2sccn2c1S(=O)(=O)NC1CCC(C)(C)C1. The van der Waals surface area contributed by atoms with E-state index in [0.717, 1.165) is 19.3 Å². The molecule has 0 bridgehead atoms. The first kappa shape index (κ1) is 14.8. The molecular weight excluding hydrogens is 308 g/mol. The van der Waals surface area contributed by atoms with Crippen molar-refractivity contribution in [2.45, 2.75) is 44.2 Å². The highest BCUT2D eigenvalue weighted by molar-refractivity contribution is 7.89. The van der Waals surface area contributed by atoms with Crippen LogP contribution in [0.25, 0.3) is 4.96 Å². The molecule has 0 aliphatic heterocycles. The fourth-order valence-corrected chi connectivity index (χ4v) is 5.33. The topological polar surface area (TPSA) is 75.5 Å². The summed E-state index contributed by atoms with van der Waals surface area (Å²) in [5.74, 6) is 0.395. The van der Waals surface area contributed by atoms with E-state index >= 15 is 0 Å². The summed E-state index contributed by atoms with van der Waals surface area (Å²) >= 11 is 1.42. The molecule has 0 radical (unpaired) electrons. The van der Waals surface area contributed by atoms with E-state index in [4.69, 9.17) is 0 Å². The van der Waals surface area contributed by atoms with E-state index in [9.17, 15) is 8.42 Å². The maximum atomic E-state index is 12.7. The number of nitrogens with one attached hydrogen (secondary N) is 2. The largest absolute Gasteiger partial charge is 0.371 e. The molecular formula is C13H20N4O2S2. The molecule has 2 heterocycles. The van der Waals surface area contributed by atoms with Gasteiger partial charge in [0, 0.05) is 24.7 Å². The van der Waals surface area contributed by atoms with E-state index in [1.807, 2.05) is 5.38 Å². The van der Waals surface area contributed by atoms with Gasteiger partial charge in [0.05, 0.1) is 0 Å². The predicted molar refractivity (Wildman–Crippen MR) is 84.4 cm³/mol. The number of sulfonamides is 1. The van der Waals surface area contributed by atoms with Crippen LogP contribution in [0.15, 0.2) is 16.6 Å². The fourth-order valence-electron chi connectivity index (χ4n) is 3.00. The molecule has 1 aliphatic rings. The van der Waals surface area contributed by atoms with E-state index < -0.39 is 10.0 Å². The summed E-state index contributed by atoms with van der Waals surface area (Å²) in [5, 5.41) is 4.91. The minimum absolute atomic E-state index is 0.00103. The van der Waals surface area contributed by atoms with Crippen molar-refractivity contribution in [3.63, 3.8) is 0 Å². The molecule has 1 aliphatic carbocycles. The van der Waals surface area contributed by atoms with Gasteiger partial charge in [0.15, 0.2) is 15.8 Å². The van der Waals surface area contributed by atoms with Gasteiger partial charge < -0.3 is 5.32 Å². The number of aromatic nitrogens is 2. The number of hydrogen-bond donors (Lipinski definition) is 2. The molecule has 116 valence electrons. The Labute approximate surface area is 128 Å².